The third-order valence-corrected chi connectivity index (χ3v) is 7.25. The number of ether oxygens (including phenoxy) is 1. The van der Waals surface area contributed by atoms with Crippen LogP contribution in [0.25, 0.3) is 22.3 Å². The zero-order valence-electron chi connectivity index (χ0n) is 19.4. The normalized spacial score (nSPS) is 18.6. The van der Waals surface area contributed by atoms with Crippen molar-refractivity contribution in [3.8, 4) is 11.3 Å². The number of rotatable bonds is 6. The summed E-state index contributed by atoms with van der Waals surface area (Å²) in [6.07, 6.45) is -0.851. The highest BCUT2D eigenvalue weighted by Crippen LogP contribution is 2.42. The number of anilines is 1. The molecule has 4 rings (SSSR count). The van der Waals surface area contributed by atoms with E-state index in [0.29, 0.717) is 16.5 Å². The van der Waals surface area contributed by atoms with E-state index in [2.05, 4.69) is 9.50 Å². The van der Waals surface area contributed by atoms with Gasteiger partial charge >= 0.3 is 10.4 Å². The van der Waals surface area contributed by atoms with Gasteiger partial charge in [0.05, 0.1) is 36.8 Å². The SMILES string of the molecule is CNC(=O)c1c(-c2ccc(F)cc2)oc2cc3c(cc12)C(C)OC(COS(=O)(=O)O)CN3S(C)(=O)=O. The summed E-state index contributed by atoms with van der Waals surface area (Å²) in [6, 6.07) is 8.39. The summed E-state index contributed by atoms with van der Waals surface area (Å²) in [6.45, 7) is 0.681. The van der Waals surface area contributed by atoms with Gasteiger partial charge < -0.3 is 14.5 Å². The van der Waals surface area contributed by atoms with Gasteiger partial charge in [-0.2, -0.15) is 8.42 Å². The summed E-state index contributed by atoms with van der Waals surface area (Å²) < 4.78 is 87.2. The monoisotopic (exact) mass is 542 g/mol. The number of furan rings is 1. The van der Waals surface area contributed by atoms with E-state index in [4.69, 9.17) is 13.7 Å². The lowest BCUT2D eigenvalue weighted by Gasteiger charge is -2.24. The fourth-order valence-corrected chi connectivity index (χ4v) is 5.38. The van der Waals surface area contributed by atoms with Crippen molar-refractivity contribution in [3.63, 3.8) is 0 Å². The molecule has 2 N–H and O–H groups in total. The highest BCUT2D eigenvalue weighted by molar-refractivity contribution is 7.92. The van der Waals surface area contributed by atoms with Gasteiger partial charge in [0.15, 0.2) is 0 Å². The number of sulfonamides is 1. The van der Waals surface area contributed by atoms with Crippen LogP contribution in [-0.4, -0.2) is 59.9 Å². The van der Waals surface area contributed by atoms with Crippen molar-refractivity contribution in [1.82, 2.24) is 5.32 Å². The molecule has 0 aliphatic carbocycles. The second-order valence-electron chi connectivity index (χ2n) is 8.21. The Balaban J connectivity index is 1.91. The summed E-state index contributed by atoms with van der Waals surface area (Å²) in [5.74, 6) is -0.775. The minimum Gasteiger partial charge on any atom is -0.455 e. The third kappa shape index (κ3) is 5.22. The van der Waals surface area contributed by atoms with E-state index < -0.39 is 51.0 Å². The van der Waals surface area contributed by atoms with Crippen molar-refractivity contribution in [2.45, 2.75) is 19.1 Å². The van der Waals surface area contributed by atoms with E-state index in [0.717, 1.165) is 10.6 Å². The molecule has 11 nitrogen and oxygen atoms in total. The van der Waals surface area contributed by atoms with Gasteiger partial charge in [-0.3, -0.25) is 13.7 Å². The Morgan fingerprint density at radius 3 is 2.47 bits per heavy atom. The van der Waals surface area contributed by atoms with Gasteiger partial charge in [-0.25, -0.2) is 17.0 Å². The van der Waals surface area contributed by atoms with Gasteiger partial charge in [-0.05, 0) is 37.3 Å². The molecule has 0 radical (unpaired) electrons. The van der Waals surface area contributed by atoms with E-state index in [1.165, 1.54) is 37.4 Å². The molecule has 0 saturated heterocycles. The van der Waals surface area contributed by atoms with Crippen LogP contribution in [0.2, 0.25) is 0 Å². The molecular weight excluding hydrogens is 519 g/mol. The lowest BCUT2D eigenvalue weighted by atomic mass is 10.0. The Kier molecular flexibility index (Phi) is 6.83. The van der Waals surface area contributed by atoms with Crippen LogP contribution in [0.1, 0.15) is 28.9 Å². The molecule has 1 amide bonds. The summed E-state index contributed by atoms with van der Waals surface area (Å²) in [4.78, 5) is 12.8. The first-order valence-corrected chi connectivity index (χ1v) is 13.8. The Morgan fingerprint density at radius 1 is 1.22 bits per heavy atom. The van der Waals surface area contributed by atoms with Crippen molar-refractivity contribution >= 4 is 43.0 Å². The molecule has 2 heterocycles. The molecule has 14 heteroatoms. The zero-order valence-corrected chi connectivity index (χ0v) is 21.0. The lowest BCUT2D eigenvalue weighted by Crippen LogP contribution is -2.39. The number of halogens is 1. The number of carbonyl (C=O) groups is 1. The fourth-order valence-electron chi connectivity index (χ4n) is 4.10. The van der Waals surface area contributed by atoms with Crippen LogP contribution in [0.15, 0.2) is 40.8 Å². The predicted octanol–water partition coefficient (Wildman–Crippen LogP) is 2.64. The maximum absolute atomic E-state index is 13.5. The third-order valence-electron chi connectivity index (χ3n) is 5.67. The molecule has 1 aliphatic heterocycles. The quantitative estimate of drug-likeness (QED) is 0.448. The second kappa shape index (κ2) is 9.44. The van der Waals surface area contributed by atoms with Gasteiger partial charge in [-0.15, -0.1) is 0 Å². The minimum atomic E-state index is -4.78. The smallest absolute Gasteiger partial charge is 0.397 e. The minimum absolute atomic E-state index is 0.163. The Hall–Kier alpha value is -3.04. The van der Waals surface area contributed by atoms with Gasteiger partial charge in [0, 0.05) is 29.6 Å². The summed E-state index contributed by atoms with van der Waals surface area (Å²) >= 11 is 0. The maximum Gasteiger partial charge on any atom is 0.397 e. The number of benzene rings is 2. The maximum atomic E-state index is 13.5. The number of carbonyl (C=O) groups excluding carboxylic acids is 1. The Labute approximate surface area is 206 Å². The summed E-state index contributed by atoms with van der Waals surface area (Å²) in [5.41, 5.74) is 1.39. The zero-order chi connectivity index (χ0) is 26.4. The number of fused-ring (bicyclic) bond motifs is 2. The molecule has 2 unspecified atom stereocenters. The first-order valence-electron chi connectivity index (χ1n) is 10.6. The van der Waals surface area contributed by atoms with Crippen LogP contribution in [-0.2, 0) is 29.3 Å². The molecule has 2 aromatic carbocycles. The topological polar surface area (TPSA) is 152 Å². The molecule has 0 spiro atoms. The number of hydrogen-bond donors (Lipinski definition) is 2. The predicted molar refractivity (Wildman–Crippen MR) is 128 cm³/mol. The van der Waals surface area contributed by atoms with E-state index in [9.17, 15) is 26.0 Å². The highest BCUT2D eigenvalue weighted by atomic mass is 32.3. The van der Waals surface area contributed by atoms with Crippen LogP contribution < -0.4 is 9.62 Å². The van der Waals surface area contributed by atoms with Crippen molar-refractivity contribution in [1.29, 1.82) is 0 Å². The van der Waals surface area contributed by atoms with Crippen LogP contribution in [0.4, 0.5) is 10.1 Å². The van der Waals surface area contributed by atoms with E-state index in [1.54, 1.807) is 13.0 Å². The van der Waals surface area contributed by atoms with E-state index in [-0.39, 0.29) is 29.1 Å². The van der Waals surface area contributed by atoms with E-state index >= 15 is 0 Å². The average molecular weight is 543 g/mol. The van der Waals surface area contributed by atoms with Crippen LogP contribution in [0.5, 0.6) is 0 Å². The molecule has 0 fully saturated rings. The molecule has 0 saturated carbocycles. The number of nitrogens with one attached hydrogen (secondary N) is 1. The van der Waals surface area contributed by atoms with Gasteiger partial charge in [-0.1, -0.05) is 0 Å². The highest BCUT2D eigenvalue weighted by Gasteiger charge is 2.34. The summed E-state index contributed by atoms with van der Waals surface area (Å²) in [5, 5.41) is 2.91. The standard InChI is InChI=1S/C22H23FN2O9S2/c1-12-16-8-17-19(34-21(20(17)22(26)24-2)13-4-6-14(23)7-5-13)9-18(16)25(35(3,27)28)10-15(33-12)11-32-36(29,30)31/h4-9,12,15H,10-11H2,1-3H3,(H,24,26)(H,29,30,31). The molecule has 1 aliphatic rings. The number of amides is 1. The molecule has 36 heavy (non-hydrogen) atoms. The van der Waals surface area contributed by atoms with Crippen molar-refractivity contribution in [3.05, 3.63) is 53.3 Å². The molecule has 194 valence electrons. The average Bonchev–Trinajstić information content (AvgIpc) is 3.09. The largest absolute Gasteiger partial charge is 0.455 e. The van der Waals surface area contributed by atoms with E-state index in [1.807, 2.05) is 0 Å². The van der Waals surface area contributed by atoms with Crippen molar-refractivity contribution in [2.75, 3.05) is 30.8 Å². The summed E-state index contributed by atoms with van der Waals surface area (Å²) in [7, 11) is -7.24. The van der Waals surface area contributed by atoms with Gasteiger partial charge in [0.25, 0.3) is 5.91 Å². The number of nitrogens with zero attached hydrogens (tertiary/aromatic N) is 1. The molecule has 0 bridgehead atoms. The molecule has 3 aromatic rings. The van der Waals surface area contributed by atoms with Crippen molar-refractivity contribution in [2.24, 2.45) is 0 Å². The lowest BCUT2D eigenvalue weighted by molar-refractivity contribution is -0.0179. The molecule has 1 aromatic heterocycles. The van der Waals surface area contributed by atoms with Gasteiger partial charge in [0.2, 0.25) is 10.0 Å². The van der Waals surface area contributed by atoms with Crippen LogP contribution in [0, 0.1) is 5.82 Å². The van der Waals surface area contributed by atoms with Gasteiger partial charge in [0.1, 0.15) is 23.3 Å². The Morgan fingerprint density at radius 2 is 1.89 bits per heavy atom. The molecular formula is C22H23FN2O9S2. The molecule has 2 atom stereocenters. The first-order chi connectivity index (χ1) is 16.8. The number of hydrogen-bond acceptors (Lipinski definition) is 8. The van der Waals surface area contributed by atoms with Crippen LogP contribution in [0.3, 0.4) is 0 Å². The Bertz CT molecular complexity index is 1530. The van der Waals surface area contributed by atoms with Crippen molar-refractivity contribution < 1.29 is 43.9 Å². The second-order valence-corrected chi connectivity index (χ2v) is 11.2. The van der Waals surface area contributed by atoms with Crippen LogP contribution >= 0.6 is 0 Å². The fraction of sp³-hybridized carbons (Fsp3) is 0.318. The first kappa shape index (κ1) is 26.0.